The maximum absolute atomic E-state index is 12.4. The van der Waals surface area contributed by atoms with Crippen molar-refractivity contribution in [2.45, 2.75) is 18.1 Å². The van der Waals surface area contributed by atoms with E-state index in [2.05, 4.69) is 10.6 Å². The van der Waals surface area contributed by atoms with Crippen molar-refractivity contribution >= 4 is 35.0 Å². The Bertz CT molecular complexity index is 840. The molecule has 6 nitrogen and oxygen atoms in total. The lowest BCUT2D eigenvalue weighted by atomic mass is 10.1. The van der Waals surface area contributed by atoms with Crippen LogP contribution in [0.15, 0.2) is 42.5 Å². The second-order valence-electron chi connectivity index (χ2n) is 6.10. The van der Waals surface area contributed by atoms with Gasteiger partial charge in [-0.05, 0) is 36.6 Å². The van der Waals surface area contributed by atoms with Gasteiger partial charge in [-0.3, -0.25) is 9.59 Å². The van der Waals surface area contributed by atoms with Crippen molar-refractivity contribution in [1.82, 2.24) is 0 Å². The zero-order chi connectivity index (χ0) is 19.2. The van der Waals surface area contributed by atoms with E-state index in [-0.39, 0.29) is 22.8 Å². The van der Waals surface area contributed by atoms with Gasteiger partial charge in [-0.1, -0.05) is 18.2 Å². The summed E-state index contributed by atoms with van der Waals surface area (Å²) in [7, 11) is 3.10. The highest BCUT2D eigenvalue weighted by atomic mass is 32.2. The molecular formula is C20H22N2O4S. The Morgan fingerprint density at radius 3 is 2.81 bits per heavy atom. The minimum atomic E-state index is -0.263. The number of amides is 2. The number of methoxy groups -OCH3 is 2. The fourth-order valence-electron chi connectivity index (χ4n) is 2.91. The second-order valence-corrected chi connectivity index (χ2v) is 7.29. The van der Waals surface area contributed by atoms with Gasteiger partial charge in [0.2, 0.25) is 11.8 Å². The molecule has 2 aromatic carbocycles. The summed E-state index contributed by atoms with van der Waals surface area (Å²) < 4.78 is 10.4. The molecule has 1 heterocycles. The third-order valence-corrected chi connectivity index (χ3v) is 5.62. The van der Waals surface area contributed by atoms with Crippen molar-refractivity contribution < 1.29 is 19.1 Å². The molecule has 1 aliphatic heterocycles. The molecule has 0 radical (unpaired) electrons. The molecule has 1 aliphatic rings. The molecule has 142 valence electrons. The predicted octanol–water partition coefficient (Wildman–Crippen LogP) is 3.33. The van der Waals surface area contributed by atoms with E-state index in [1.807, 2.05) is 24.3 Å². The van der Waals surface area contributed by atoms with Gasteiger partial charge in [0.1, 0.15) is 11.5 Å². The first-order valence-corrected chi connectivity index (χ1v) is 9.68. The van der Waals surface area contributed by atoms with Crippen molar-refractivity contribution in [1.29, 1.82) is 0 Å². The fraction of sp³-hybridized carbons (Fsp3) is 0.300. The van der Waals surface area contributed by atoms with Gasteiger partial charge in [-0.25, -0.2) is 0 Å². The number of aryl methyl sites for hydroxylation is 1. The lowest BCUT2D eigenvalue weighted by Crippen LogP contribution is -2.26. The molecule has 0 bridgehead atoms. The minimum Gasteiger partial charge on any atom is -0.497 e. The number of hydrogen-bond donors (Lipinski definition) is 2. The number of nitrogens with one attached hydrogen (secondary N) is 2. The number of fused-ring (bicyclic) bond motifs is 1. The fourth-order valence-corrected chi connectivity index (χ4v) is 3.83. The summed E-state index contributed by atoms with van der Waals surface area (Å²) in [5.74, 6) is 1.12. The zero-order valence-electron chi connectivity index (χ0n) is 15.3. The SMILES string of the molecule is COc1ccc(NC(=O)CSC2CCc3ccccc3NC2=O)c(OC)c1. The van der Waals surface area contributed by atoms with Crippen LogP contribution in [-0.2, 0) is 16.0 Å². The summed E-state index contributed by atoms with van der Waals surface area (Å²) in [5, 5.41) is 5.52. The van der Waals surface area contributed by atoms with Crippen molar-refractivity contribution in [3.63, 3.8) is 0 Å². The molecule has 0 saturated carbocycles. The molecular weight excluding hydrogens is 364 g/mol. The van der Waals surface area contributed by atoms with Gasteiger partial charge in [-0.2, -0.15) is 0 Å². The second kappa shape index (κ2) is 8.81. The highest BCUT2D eigenvalue weighted by molar-refractivity contribution is 8.01. The molecule has 0 spiro atoms. The van der Waals surface area contributed by atoms with E-state index in [4.69, 9.17) is 9.47 Å². The number of hydrogen-bond acceptors (Lipinski definition) is 5. The van der Waals surface area contributed by atoms with Crippen LogP contribution >= 0.6 is 11.8 Å². The van der Waals surface area contributed by atoms with Gasteiger partial charge < -0.3 is 20.1 Å². The number of anilines is 2. The summed E-state index contributed by atoms with van der Waals surface area (Å²) in [5.41, 5.74) is 2.56. The first-order valence-electron chi connectivity index (χ1n) is 8.63. The normalized spacial score (nSPS) is 15.9. The van der Waals surface area contributed by atoms with Crippen LogP contribution in [0.2, 0.25) is 0 Å². The summed E-state index contributed by atoms with van der Waals surface area (Å²) in [6, 6.07) is 13.0. The topological polar surface area (TPSA) is 76.7 Å². The maximum atomic E-state index is 12.4. The highest BCUT2D eigenvalue weighted by Gasteiger charge is 2.24. The zero-order valence-corrected chi connectivity index (χ0v) is 16.1. The highest BCUT2D eigenvalue weighted by Crippen LogP contribution is 2.30. The van der Waals surface area contributed by atoms with Crippen molar-refractivity contribution in [3.05, 3.63) is 48.0 Å². The van der Waals surface area contributed by atoms with Crippen LogP contribution in [-0.4, -0.2) is 37.0 Å². The number of rotatable bonds is 6. The Morgan fingerprint density at radius 2 is 2.04 bits per heavy atom. The monoisotopic (exact) mass is 386 g/mol. The number of thioether (sulfide) groups is 1. The molecule has 2 amide bonds. The molecule has 2 N–H and O–H groups in total. The van der Waals surface area contributed by atoms with E-state index in [9.17, 15) is 9.59 Å². The van der Waals surface area contributed by atoms with Crippen LogP contribution in [0.25, 0.3) is 0 Å². The molecule has 2 aromatic rings. The van der Waals surface area contributed by atoms with Gasteiger partial charge in [0.05, 0.1) is 30.9 Å². The molecule has 1 unspecified atom stereocenters. The van der Waals surface area contributed by atoms with Crippen LogP contribution < -0.4 is 20.1 Å². The average molecular weight is 386 g/mol. The summed E-state index contributed by atoms with van der Waals surface area (Å²) >= 11 is 1.35. The first-order chi connectivity index (χ1) is 13.1. The third-order valence-electron chi connectivity index (χ3n) is 4.34. The van der Waals surface area contributed by atoms with Gasteiger partial charge >= 0.3 is 0 Å². The van der Waals surface area contributed by atoms with Crippen molar-refractivity contribution in [2.75, 3.05) is 30.6 Å². The molecule has 0 fully saturated rings. The molecule has 0 saturated heterocycles. The Labute approximate surface area is 162 Å². The largest absolute Gasteiger partial charge is 0.497 e. The lowest BCUT2D eigenvalue weighted by molar-refractivity contribution is -0.115. The van der Waals surface area contributed by atoms with E-state index >= 15 is 0 Å². The van der Waals surface area contributed by atoms with Gasteiger partial charge in [0.15, 0.2) is 0 Å². The van der Waals surface area contributed by atoms with Gasteiger partial charge in [-0.15, -0.1) is 11.8 Å². The smallest absolute Gasteiger partial charge is 0.237 e. The lowest BCUT2D eigenvalue weighted by Gasteiger charge is -2.14. The average Bonchev–Trinajstić information content (AvgIpc) is 2.84. The van der Waals surface area contributed by atoms with E-state index in [1.165, 1.54) is 18.9 Å². The summed E-state index contributed by atoms with van der Waals surface area (Å²) in [6.45, 7) is 0. The number of para-hydroxylation sites is 1. The van der Waals surface area contributed by atoms with Crippen LogP contribution in [0.4, 0.5) is 11.4 Å². The molecule has 27 heavy (non-hydrogen) atoms. The number of carbonyl (C=O) groups excluding carboxylic acids is 2. The Balaban J connectivity index is 1.57. The first kappa shape index (κ1) is 19.1. The van der Waals surface area contributed by atoms with Crippen LogP contribution in [0, 0.1) is 0 Å². The quantitative estimate of drug-likeness (QED) is 0.796. The molecule has 7 heteroatoms. The third kappa shape index (κ3) is 4.74. The number of carbonyl (C=O) groups is 2. The van der Waals surface area contributed by atoms with Gasteiger partial charge in [0, 0.05) is 11.8 Å². The summed E-state index contributed by atoms with van der Waals surface area (Å²) in [4.78, 5) is 24.8. The minimum absolute atomic E-state index is 0.0558. The standard InChI is InChI=1S/C20H22N2O4S/c1-25-14-8-9-16(17(11-14)26-2)21-19(23)12-27-18-10-7-13-5-3-4-6-15(13)22-20(18)24/h3-6,8-9,11,18H,7,10,12H2,1-2H3,(H,21,23)(H,22,24). The molecule has 3 rings (SSSR count). The van der Waals surface area contributed by atoms with Crippen LogP contribution in [0.3, 0.4) is 0 Å². The molecule has 0 aliphatic carbocycles. The van der Waals surface area contributed by atoms with E-state index < -0.39 is 0 Å². The molecule has 1 atom stereocenters. The number of ether oxygens (including phenoxy) is 2. The predicted molar refractivity (Wildman–Crippen MR) is 108 cm³/mol. The van der Waals surface area contributed by atoms with Crippen LogP contribution in [0.1, 0.15) is 12.0 Å². The van der Waals surface area contributed by atoms with E-state index in [1.54, 1.807) is 25.3 Å². The van der Waals surface area contributed by atoms with Crippen LogP contribution in [0.5, 0.6) is 11.5 Å². The Hall–Kier alpha value is -2.67. The van der Waals surface area contributed by atoms with Crippen molar-refractivity contribution in [2.24, 2.45) is 0 Å². The maximum Gasteiger partial charge on any atom is 0.237 e. The molecule has 0 aromatic heterocycles. The van der Waals surface area contributed by atoms with Crippen molar-refractivity contribution in [3.8, 4) is 11.5 Å². The van der Waals surface area contributed by atoms with E-state index in [0.29, 0.717) is 23.6 Å². The van der Waals surface area contributed by atoms with E-state index in [0.717, 1.165) is 17.7 Å². The number of benzene rings is 2. The summed E-state index contributed by atoms with van der Waals surface area (Å²) in [6.07, 6.45) is 1.51. The Kier molecular flexibility index (Phi) is 6.24. The Morgan fingerprint density at radius 1 is 1.22 bits per heavy atom. The van der Waals surface area contributed by atoms with Gasteiger partial charge in [0.25, 0.3) is 0 Å².